The highest BCUT2D eigenvalue weighted by molar-refractivity contribution is 7.88. The lowest BCUT2D eigenvalue weighted by atomic mass is 10.1. The maximum atomic E-state index is 10.9. The molecule has 0 radical (unpaired) electrons. The maximum absolute atomic E-state index is 10.9. The monoisotopic (exact) mass is 263 g/mol. The van der Waals surface area contributed by atoms with E-state index in [0.29, 0.717) is 0 Å². The molecule has 0 saturated carbocycles. The predicted molar refractivity (Wildman–Crippen MR) is 70.6 cm³/mol. The summed E-state index contributed by atoms with van der Waals surface area (Å²) in [4.78, 5) is 7.25. The largest absolute Gasteiger partial charge is 0.346 e. The predicted octanol–water partition coefficient (Wildman–Crippen LogP) is 0.772. The first-order valence-corrected chi connectivity index (χ1v) is 7.23. The molecule has 18 heavy (non-hydrogen) atoms. The smallest absolute Gasteiger partial charge is 0.209 e. The SMILES string of the molecule is Cc1c[nH]c2nccc(C#CCNS(C)(=O)=O)c12. The van der Waals surface area contributed by atoms with E-state index in [1.807, 2.05) is 19.2 Å². The maximum Gasteiger partial charge on any atom is 0.209 e. The van der Waals surface area contributed by atoms with Crippen LogP contribution < -0.4 is 4.72 Å². The molecule has 2 aromatic heterocycles. The molecule has 94 valence electrons. The molecule has 0 aromatic carbocycles. The van der Waals surface area contributed by atoms with Crippen LogP contribution in [0.25, 0.3) is 11.0 Å². The van der Waals surface area contributed by atoms with Gasteiger partial charge < -0.3 is 4.98 Å². The summed E-state index contributed by atoms with van der Waals surface area (Å²) in [5.41, 5.74) is 2.70. The summed E-state index contributed by atoms with van der Waals surface area (Å²) in [5.74, 6) is 5.74. The molecule has 6 heteroatoms. The second kappa shape index (κ2) is 4.80. The highest BCUT2D eigenvalue weighted by atomic mass is 32.2. The number of nitrogens with zero attached hydrogens (tertiary/aromatic N) is 1. The molecule has 0 bridgehead atoms. The summed E-state index contributed by atoms with van der Waals surface area (Å²) < 4.78 is 24.1. The Hall–Kier alpha value is -1.84. The second-order valence-corrected chi connectivity index (χ2v) is 5.78. The minimum absolute atomic E-state index is 0.103. The third-order valence-corrected chi connectivity index (χ3v) is 3.09. The zero-order chi connectivity index (χ0) is 13.2. The lowest BCUT2D eigenvalue weighted by Crippen LogP contribution is -2.21. The van der Waals surface area contributed by atoms with Crippen molar-refractivity contribution in [1.82, 2.24) is 14.7 Å². The van der Waals surface area contributed by atoms with Crippen molar-refractivity contribution in [3.63, 3.8) is 0 Å². The van der Waals surface area contributed by atoms with E-state index >= 15 is 0 Å². The zero-order valence-electron chi connectivity index (χ0n) is 10.1. The molecule has 0 amide bonds. The fraction of sp³-hybridized carbons (Fsp3) is 0.250. The van der Waals surface area contributed by atoms with Gasteiger partial charge in [-0.1, -0.05) is 11.8 Å². The van der Waals surface area contributed by atoms with E-state index in [2.05, 4.69) is 26.5 Å². The van der Waals surface area contributed by atoms with Crippen LogP contribution >= 0.6 is 0 Å². The van der Waals surface area contributed by atoms with Crippen LogP contribution in [0.2, 0.25) is 0 Å². The van der Waals surface area contributed by atoms with Crippen molar-refractivity contribution >= 4 is 21.1 Å². The number of hydrogen-bond acceptors (Lipinski definition) is 3. The van der Waals surface area contributed by atoms with Gasteiger partial charge in [-0.2, -0.15) is 0 Å². The van der Waals surface area contributed by atoms with Crippen molar-refractivity contribution in [2.75, 3.05) is 12.8 Å². The van der Waals surface area contributed by atoms with E-state index in [1.165, 1.54) is 0 Å². The average Bonchev–Trinajstić information content (AvgIpc) is 2.66. The molecule has 0 fully saturated rings. The van der Waals surface area contributed by atoms with Gasteiger partial charge in [0.1, 0.15) is 5.65 Å². The Bertz CT molecular complexity index is 736. The molecule has 0 aliphatic rings. The minimum atomic E-state index is -3.19. The number of nitrogens with one attached hydrogen (secondary N) is 2. The Labute approximate surface area is 106 Å². The quantitative estimate of drug-likeness (QED) is 0.786. The van der Waals surface area contributed by atoms with E-state index in [0.717, 1.165) is 28.4 Å². The normalized spacial score (nSPS) is 11.2. The molecule has 2 rings (SSSR count). The fourth-order valence-electron chi connectivity index (χ4n) is 1.63. The van der Waals surface area contributed by atoms with Gasteiger partial charge in [0.15, 0.2) is 0 Å². The van der Waals surface area contributed by atoms with Crippen LogP contribution in [-0.4, -0.2) is 31.2 Å². The Morgan fingerprint density at radius 3 is 3.00 bits per heavy atom. The van der Waals surface area contributed by atoms with Crippen LogP contribution in [0, 0.1) is 18.8 Å². The molecule has 0 aliphatic carbocycles. The first-order chi connectivity index (χ1) is 8.47. The first-order valence-electron chi connectivity index (χ1n) is 5.33. The number of sulfonamides is 1. The Kier molecular flexibility index (Phi) is 3.36. The van der Waals surface area contributed by atoms with Gasteiger partial charge in [0.2, 0.25) is 10.0 Å². The van der Waals surface area contributed by atoms with Crippen molar-refractivity contribution in [2.45, 2.75) is 6.92 Å². The molecule has 0 spiro atoms. The fourth-order valence-corrected chi connectivity index (χ4v) is 1.96. The second-order valence-electron chi connectivity index (χ2n) is 3.95. The van der Waals surface area contributed by atoms with E-state index in [4.69, 9.17) is 0 Å². The van der Waals surface area contributed by atoms with Crippen molar-refractivity contribution in [2.24, 2.45) is 0 Å². The summed E-state index contributed by atoms with van der Waals surface area (Å²) in [6.07, 6.45) is 4.65. The van der Waals surface area contributed by atoms with Gasteiger partial charge in [0, 0.05) is 23.3 Å². The highest BCUT2D eigenvalue weighted by Crippen LogP contribution is 2.18. The van der Waals surface area contributed by atoms with Gasteiger partial charge in [-0.05, 0) is 18.6 Å². The van der Waals surface area contributed by atoms with Gasteiger partial charge in [-0.3, -0.25) is 0 Å². The summed E-state index contributed by atoms with van der Waals surface area (Å²) in [6.45, 7) is 2.08. The van der Waals surface area contributed by atoms with Crippen LogP contribution in [0.3, 0.4) is 0 Å². The molecule has 0 unspecified atom stereocenters. The van der Waals surface area contributed by atoms with E-state index in [1.54, 1.807) is 6.20 Å². The van der Waals surface area contributed by atoms with Gasteiger partial charge >= 0.3 is 0 Å². The van der Waals surface area contributed by atoms with Gasteiger partial charge in [0.25, 0.3) is 0 Å². The molecule has 2 aromatic rings. The molecule has 5 nitrogen and oxygen atoms in total. The van der Waals surface area contributed by atoms with Crippen molar-refractivity contribution in [3.05, 3.63) is 29.6 Å². The summed E-state index contributed by atoms with van der Waals surface area (Å²) in [5, 5.41) is 0.976. The third kappa shape index (κ3) is 2.88. The highest BCUT2D eigenvalue weighted by Gasteiger charge is 2.04. The lowest BCUT2D eigenvalue weighted by molar-refractivity contribution is 0.592. The van der Waals surface area contributed by atoms with Gasteiger partial charge in [-0.25, -0.2) is 18.1 Å². The third-order valence-electron chi connectivity index (χ3n) is 2.42. The van der Waals surface area contributed by atoms with Crippen molar-refractivity contribution < 1.29 is 8.42 Å². The standard InChI is InChI=1S/C12H13N3O2S/c1-9-8-14-12-11(9)10(5-7-13-12)4-3-6-15-18(2,16)17/h5,7-8,15H,6H2,1-2H3,(H,13,14). The number of aryl methyl sites for hydroxylation is 1. The number of aromatic amines is 1. The molecule has 0 saturated heterocycles. The number of rotatable bonds is 2. The average molecular weight is 263 g/mol. The first kappa shape index (κ1) is 12.6. The topological polar surface area (TPSA) is 74.8 Å². The lowest BCUT2D eigenvalue weighted by Gasteiger charge is -1.96. The number of aromatic nitrogens is 2. The summed E-state index contributed by atoms with van der Waals surface area (Å²) in [6, 6.07) is 1.82. The van der Waals surface area contributed by atoms with Crippen LogP contribution in [0.1, 0.15) is 11.1 Å². The van der Waals surface area contributed by atoms with E-state index in [-0.39, 0.29) is 6.54 Å². The molecule has 0 atom stereocenters. The van der Waals surface area contributed by atoms with Gasteiger partial charge in [0.05, 0.1) is 12.8 Å². The van der Waals surface area contributed by atoms with E-state index < -0.39 is 10.0 Å². The number of H-pyrrole nitrogens is 1. The van der Waals surface area contributed by atoms with E-state index in [9.17, 15) is 8.42 Å². The summed E-state index contributed by atoms with van der Waals surface area (Å²) >= 11 is 0. The van der Waals surface area contributed by atoms with Crippen LogP contribution in [0.5, 0.6) is 0 Å². The molecular formula is C12H13N3O2S. The zero-order valence-corrected chi connectivity index (χ0v) is 10.9. The van der Waals surface area contributed by atoms with Crippen LogP contribution in [0.15, 0.2) is 18.5 Å². The Morgan fingerprint density at radius 2 is 2.28 bits per heavy atom. The number of pyridine rings is 1. The molecule has 0 aliphatic heterocycles. The Balaban J connectivity index is 2.27. The summed E-state index contributed by atoms with van der Waals surface area (Å²) in [7, 11) is -3.19. The molecule has 2 N–H and O–H groups in total. The minimum Gasteiger partial charge on any atom is -0.346 e. The van der Waals surface area contributed by atoms with Crippen LogP contribution in [0.4, 0.5) is 0 Å². The van der Waals surface area contributed by atoms with Crippen molar-refractivity contribution in [3.8, 4) is 11.8 Å². The van der Waals surface area contributed by atoms with Gasteiger partial charge in [-0.15, -0.1) is 0 Å². The van der Waals surface area contributed by atoms with Crippen molar-refractivity contribution in [1.29, 1.82) is 0 Å². The molecule has 2 heterocycles. The van der Waals surface area contributed by atoms with Crippen LogP contribution in [-0.2, 0) is 10.0 Å². The number of fused-ring (bicyclic) bond motifs is 1. The number of hydrogen-bond donors (Lipinski definition) is 2. The molecular weight excluding hydrogens is 250 g/mol. The Morgan fingerprint density at radius 1 is 1.50 bits per heavy atom.